The van der Waals surface area contributed by atoms with Gasteiger partial charge in [0.05, 0.1) is 11.6 Å². The molecular weight excluding hydrogens is 402 g/mol. The first-order valence-corrected chi connectivity index (χ1v) is 11.1. The minimum Gasteiger partial charge on any atom is -0.507 e. The molecule has 1 saturated heterocycles. The van der Waals surface area contributed by atoms with Gasteiger partial charge in [-0.15, -0.1) is 0 Å². The molecular formula is C26H23N3O3. The predicted octanol–water partition coefficient (Wildman–Crippen LogP) is 5.01. The topological polar surface area (TPSA) is 89.2 Å². The van der Waals surface area contributed by atoms with Crippen LogP contribution in [0.5, 0.6) is 0 Å². The maximum atomic E-state index is 13.4. The Bertz CT molecular complexity index is 1400. The van der Waals surface area contributed by atoms with Crippen LogP contribution in [0.4, 0.5) is 0 Å². The zero-order chi connectivity index (χ0) is 21.8. The summed E-state index contributed by atoms with van der Waals surface area (Å²) in [5, 5.41) is 13.2. The maximum absolute atomic E-state index is 13.4. The first-order valence-electron chi connectivity index (χ1n) is 11.1. The Morgan fingerprint density at radius 1 is 0.875 bits per heavy atom. The largest absolute Gasteiger partial charge is 0.507 e. The highest BCUT2D eigenvalue weighted by molar-refractivity contribution is 6.47. The molecule has 6 rings (SSSR count). The number of likely N-dealkylation sites (tertiary alicyclic amines) is 1. The van der Waals surface area contributed by atoms with Gasteiger partial charge in [0.2, 0.25) is 0 Å². The Morgan fingerprint density at radius 2 is 1.50 bits per heavy atom. The van der Waals surface area contributed by atoms with Gasteiger partial charge in [-0.2, -0.15) is 0 Å². The lowest BCUT2D eigenvalue weighted by atomic mass is 9.94. The van der Waals surface area contributed by atoms with Gasteiger partial charge in [0.1, 0.15) is 5.76 Å². The van der Waals surface area contributed by atoms with Gasteiger partial charge in [0, 0.05) is 51.4 Å². The molecule has 2 aromatic carbocycles. The van der Waals surface area contributed by atoms with Crippen molar-refractivity contribution in [1.29, 1.82) is 0 Å². The van der Waals surface area contributed by atoms with E-state index in [-0.39, 0.29) is 17.4 Å². The Labute approximate surface area is 184 Å². The minimum atomic E-state index is -0.622. The van der Waals surface area contributed by atoms with Crippen LogP contribution in [0.1, 0.15) is 42.9 Å². The van der Waals surface area contributed by atoms with Crippen LogP contribution in [-0.4, -0.2) is 37.7 Å². The standard InChI is InChI=1S/C26H23N3O3/c30-24(19-14-28-21-12-6-4-10-17(19)21)22-23(18-13-27-20-11-5-3-9-16(18)20)29(26(32)25(22)31)15-7-1-2-8-15/h3-6,9-15,23,27-28,30H,1-2,7-8H2/b24-22+. The highest BCUT2D eigenvalue weighted by Gasteiger charge is 2.50. The van der Waals surface area contributed by atoms with Gasteiger partial charge in [0.15, 0.2) is 0 Å². The Morgan fingerprint density at radius 3 is 2.25 bits per heavy atom. The fraction of sp³-hybridized carbons (Fsp3) is 0.231. The molecule has 6 heteroatoms. The number of hydrogen-bond acceptors (Lipinski definition) is 3. The van der Waals surface area contributed by atoms with Crippen LogP contribution in [-0.2, 0) is 9.59 Å². The van der Waals surface area contributed by atoms with Crippen LogP contribution in [0.3, 0.4) is 0 Å². The average Bonchev–Trinajstić information content (AvgIpc) is 3.60. The second kappa shape index (κ2) is 7.12. The van der Waals surface area contributed by atoms with Gasteiger partial charge in [-0.3, -0.25) is 9.59 Å². The van der Waals surface area contributed by atoms with Gasteiger partial charge in [0.25, 0.3) is 11.7 Å². The molecule has 6 nitrogen and oxygen atoms in total. The van der Waals surface area contributed by atoms with Crippen molar-refractivity contribution in [3.05, 3.63) is 77.6 Å². The van der Waals surface area contributed by atoms with Crippen molar-refractivity contribution in [2.45, 2.75) is 37.8 Å². The molecule has 3 N–H and O–H groups in total. The zero-order valence-electron chi connectivity index (χ0n) is 17.5. The van der Waals surface area contributed by atoms with Crippen molar-refractivity contribution in [1.82, 2.24) is 14.9 Å². The highest BCUT2D eigenvalue weighted by atomic mass is 16.3. The third-order valence-electron chi connectivity index (χ3n) is 6.96. The van der Waals surface area contributed by atoms with E-state index < -0.39 is 17.7 Å². The Balaban J connectivity index is 1.60. The molecule has 3 heterocycles. The number of carbonyl (C=O) groups is 2. The lowest BCUT2D eigenvalue weighted by molar-refractivity contribution is -0.141. The second-order valence-corrected chi connectivity index (χ2v) is 8.68. The monoisotopic (exact) mass is 425 g/mol. The number of benzene rings is 2. The van der Waals surface area contributed by atoms with E-state index in [1.807, 2.05) is 54.7 Å². The number of rotatable bonds is 3. The predicted molar refractivity (Wildman–Crippen MR) is 123 cm³/mol. The second-order valence-electron chi connectivity index (χ2n) is 8.68. The van der Waals surface area contributed by atoms with Crippen LogP contribution < -0.4 is 0 Å². The number of nitrogens with one attached hydrogen (secondary N) is 2. The van der Waals surface area contributed by atoms with Gasteiger partial charge in [-0.1, -0.05) is 49.2 Å². The zero-order valence-corrected chi connectivity index (χ0v) is 17.5. The van der Waals surface area contributed by atoms with Crippen LogP contribution >= 0.6 is 0 Å². The average molecular weight is 425 g/mol. The number of aromatic amines is 2. The fourth-order valence-electron chi connectivity index (χ4n) is 5.45. The van der Waals surface area contributed by atoms with Gasteiger partial charge >= 0.3 is 0 Å². The van der Waals surface area contributed by atoms with Crippen molar-refractivity contribution < 1.29 is 14.7 Å². The molecule has 0 radical (unpaired) electrons. The van der Waals surface area contributed by atoms with Crippen LogP contribution in [0.2, 0.25) is 0 Å². The number of nitrogens with zero attached hydrogens (tertiary/aromatic N) is 1. The molecule has 2 aromatic heterocycles. The summed E-state index contributed by atoms with van der Waals surface area (Å²) in [5.74, 6) is -1.26. The number of hydrogen-bond donors (Lipinski definition) is 3. The number of H-pyrrole nitrogens is 2. The first-order chi connectivity index (χ1) is 15.6. The summed E-state index contributed by atoms with van der Waals surface area (Å²) in [5.41, 5.74) is 3.34. The molecule has 1 unspecified atom stereocenters. The van der Waals surface area contributed by atoms with Crippen LogP contribution in [0.25, 0.3) is 27.6 Å². The molecule has 0 spiro atoms. The molecule has 1 atom stereocenters. The molecule has 32 heavy (non-hydrogen) atoms. The lowest BCUT2D eigenvalue weighted by Gasteiger charge is -2.30. The summed E-state index contributed by atoms with van der Waals surface area (Å²) in [6.45, 7) is 0. The quantitative estimate of drug-likeness (QED) is 0.245. The molecule has 1 aliphatic carbocycles. The SMILES string of the molecule is O=C1C(=O)N(C2CCCC2)C(c2c[nH]c3ccccc23)/C1=C(\O)c1c[nH]c2ccccc12. The summed E-state index contributed by atoms with van der Waals surface area (Å²) in [7, 11) is 0. The summed E-state index contributed by atoms with van der Waals surface area (Å²) in [6.07, 6.45) is 7.40. The van der Waals surface area contributed by atoms with Crippen molar-refractivity contribution in [3.63, 3.8) is 0 Å². The molecule has 4 aromatic rings. The number of ketones is 1. The summed E-state index contributed by atoms with van der Waals surface area (Å²) < 4.78 is 0. The minimum absolute atomic E-state index is 0.00150. The van der Waals surface area contributed by atoms with Crippen LogP contribution in [0, 0.1) is 0 Å². The van der Waals surface area contributed by atoms with E-state index in [0.29, 0.717) is 5.56 Å². The number of carbonyl (C=O) groups excluding carboxylic acids is 2. The molecule has 2 aliphatic rings. The summed E-state index contributed by atoms with van der Waals surface area (Å²) in [6, 6.07) is 14.8. The number of fused-ring (bicyclic) bond motifs is 2. The molecule has 1 amide bonds. The fourth-order valence-corrected chi connectivity index (χ4v) is 5.45. The van der Waals surface area contributed by atoms with Gasteiger partial charge < -0.3 is 20.0 Å². The number of aliphatic hydroxyl groups excluding tert-OH is 1. The van der Waals surface area contributed by atoms with E-state index in [4.69, 9.17) is 0 Å². The first kappa shape index (κ1) is 18.9. The van der Waals surface area contributed by atoms with Crippen molar-refractivity contribution in [2.75, 3.05) is 0 Å². The van der Waals surface area contributed by atoms with Gasteiger partial charge in [-0.05, 0) is 25.0 Å². The normalized spacial score (nSPS) is 21.4. The van der Waals surface area contributed by atoms with Crippen molar-refractivity contribution >= 4 is 39.3 Å². The Hall–Kier alpha value is -3.80. The number of Topliss-reactive ketones (excluding diaryl/α,β-unsaturated/α-hetero) is 1. The summed E-state index contributed by atoms with van der Waals surface area (Å²) in [4.78, 5) is 34.8. The molecule has 1 saturated carbocycles. The van der Waals surface area contributed by atoms with E-state index in [2.05, 4.69) is 9.97 Å². The van der Waals surface area contributed by atoms with E-state index in [9.17, 15) is 14.7 Å². The smallest absolute Gasteiger partial charge is 0.295 e. The highest BCUT2D eigenvalue weighted by Crippen LogP contribution is 2.45. The maximum Gasteiger partial charge on any atom is 0.295 e. The van der Waals surface area contributed by atoms with Crippen molar-refractivity contribution in [2.24, 2.45) is 0 Å². The Kier molecular flexibility index (Phi) is 4.21. The molecule has 1 aliphatic heterocycles. The lowest BCUT2D eigenvalue weighted by Crippen LogP contribution is -2.37. The molecule has 2 fully saturated rings. The van der Waals surface area contributed by atoms with E-state index in [0.717, 1.165) is 53.1 Å². The number of aliphatic hydroxyl groups is 1. The number of para-hydroxylation sites is 2. The number of amides is 1. The molecule has 0 bridgehead atoms. The molecule has 160 valence electrons. The van der Waals surface area contributed by atoms with Crippen LogP contribution in [0.15, 0.2) is 66.5 Å². The summed E-state index contributed by atoms with van der Waals surface area (Å²) >= 11 is 0. The number of aromatic nitrogens is 2. The van der Waals surface area contributed by atoms with Crippen molar-refractivity contribution in [3.8, 4) is 0 Å². The third kappa shape index (κ3) is 2.65. The van der Waals surface area contributed by atoms with E-state index in [1.54, 1.807) is 11.1 Å². The van der Waals surface area contributed by atoms with Gasteiger partial charge in [-0.25, -0.2) is 0 Å². The van der Waals surface area contributed by atoms with E-state index in [1.165, 1.54) is 0 Å². The third-order valence-corrected chi connectivity index (χ3v) is 6.96. The van der Waals surface area contributed by atoms with E-state index >= 15 is 0 Å².